The topological polar surface area (TPSA) is 49.5 Å². The Morgan fingerprint density at radius 3 is 2.11 bits per heavy atom. The van der Waals surface area contributed by atoms with E-state index in [1.165, 1.54) is 11.1 Å². The van der Waals surface area contributed by atoms with E-state index in [-0.39, 0.29) is 17.4 Å². The quantitative estimate of drug-likeness (QED) is 0.800. The van der Waals surface area contributed by atoms with Crippen LogP contribution < -0.4 is 5.73 Å². The maximum atomic E-state index is 10.8. The third kappa shape index (κ3) is 3.76. The summed E-state index contributed by atoms with van der Waals surface area (Å²) in [6.07, 6.45) is 5.23. The summed E-state index contributed by atoms with van der Waals surface area (Å²) in [5.74, 6) is 0.815. The summed E-state index contributed by atoms with van der Waals surface area (Å²) in [5, 5.41) is 10.8. The summed E-state index contributed by atoms with van der Waals surface area (Å²) < 4.78 is 0. The Labute approximate surface area is 169 Å². The van der Waals surface area contributed by atoms with Crippen molar-refractivity contribution in [1.82, 2.24) is 4.90 Å². The molecule has 2 fully saturated rings. The average molecular weight is 379 g/mol. The van der Waals surface area contributed by atoms with Crippen molar-refractivity contribution in [2.45, 2.75) is 50.2 Å². The molecule has 150 valence electrons. The fraction of sp³-hybridized carbons (Fsp3) is 0.520. The minimum atomic E-state index is -0.217. The van der Waals surface area contributed by atoms with Gasteiger partial charge in [0.15, 0.2) is 0 Å². The standard InChI is InChI=1S/C25H34N2O/c26-19-25(21-10-5-2-6-11-21,23-12-7-13-24(23)28)22-14-16-27(17-15-22)18-20-8-3-1-4-9-20/h1-6,8-11,22-24,28H,7,12-19,26H2/t23-,24-,25?/m0/s1. The molecule has 3 atom stereocenters. The van der Waals surface area contributed by atoms with Crippen molar-refractivity contribution in [3.8, 4) is 0 Å². The highest BCUT2D eigenvalue weighted by molar-refractivity contribution is 5.30. The SMILES string of the molecule is NCC(c1ccccc1)(C1CCN(Cc2ccccc2)CC1)[C@H]1CCC[C@@H]1O. The molecule has 3 N–H and O–H groups in total. The molecule has 2 aliphatic rings. The number of nitrogens with zero attached hydrogens (tertiary/aromatic N) is 1. The number of nitrogens with two attached hydrogens (primary N) is 1. The second-order valence-electron chi connectivity index (χ2n) is 8.75. The molecule has 1 unspecified atom stereocenters. The van der Waals surface area contributed by atoms with Gasteiger partial charge in [0.2, 0.25) is 0 Å². The molecule has 0 bridgehead atoms. The van der Waals surface area contributed by atoms with E-state index in [2.05, 4.69) is 65.6 Å². The first kappa shape index (κ1) is 19.6. The van der Waals surface area contributed by atoms with Gasteiger partial charge in [0, 0.05) is 18.5 Å². The lowest BCUT2D eigenvalue weighted by Gasteiger charge is -2.49. The number of aliphatic hydroxyl groups excluding tert-OH is 1. The van der Waals surface area contributed by atoms with Crippen LogP contribution in [0, 0.1) is 11.8 Å². The van der Waals surface area contributed by atoms with Crippen LogP contribution in [0.1, 0.15) is 43.2 Å². The van der Waals surface area contributed by atoms with Gasteiger partial charge in [-0.05, 0) is 61.7 Å². The fourth-order valence-corrected chi connectivity index (χ4v) is 5.93. The number of likely N-dealkylation sites (tertiary alicyclic amines) is 1. The summed E-state index contributed by atoms with van der Waals surface area (Å²) in [6, 6.07) is 21.6. The first-order chi connectivity index (χ1) is 13.7. The van der Waals surface area contributed by atoms with Gasteiger partial charge in [0.1, 0.15) is 0 Å². The molecule has 28 heavy (non-hydrogen) atoms. The Balaban J connectivity index is 1.55. The predicted octanol–water partition coefficient (Wildman–Crippen LogP) is 3.96. The third-order valence-electron chi connectivity index (χ3n) is 7.36. The molecule has 0 aromatic heterocycles. The first-order valence-corrected chi connectivity index (χ1v) is 10.9. The number of hydrogen-bond acceptors (Lipinski definition) is 3. The number of aliphatic hydroxyl groups is 1. The van der Waals surface area contributed by atoms with Gasteiger partial charge in [-0.25, -0.2) is 0 Å². The summed E-state index contributed by atoms with van der Waals surface area (Å²) in [4.78, 5) is 2.57. The zero-order chi connectivity index (χ0) is 19.4. The van der Waals surface area contributed by atoms with Crippen LogP contribution in [0.15, 0.2) is 60.7 Å². The molecule has 2 aromatic carbocycles. The zero-order valence-corrected chi connectivity index (χ0v) is 16.8. The van der Waals surface area contributed by atoms with Gasteiger partial charge in [-0.3, -0.25) is 4.90 Å². The maximum absolute atomic E-state index is 10.8. The van der Waals surface area contributed by atoms with Gasteiger partial charge in [0.05, 0.1) is 6.10 Å². The van der Waals surface area contributed by atoms with Crippen LogP contribution in [0.25, 0.3) is 0 Å². The van der Waals surface area contributed by atoms with Gasteiger partial charge in [-0.1, -0.05) is 67.1 Å². The van der Waals surface area contributed by atoms with Crippen LogP contribution in [0.5, 0.6) is 0 Å². The minimum Gasteiger partial charge on any atom is -0.393 e. The average Bonchev–Trinajstić information content (AvgIpc) is 3.18. The maximum Gasteiger partial charge on any atom is 0.0577 e. The molecule has 2 aromatic rings. The van der Waals surface area contributed by atoms with Crippen LogP contribution in [0.3, 0.4) is 0 Å². The molecule has 1 heterocycles. The van der Waals surface area contributed by atoms with Crippen molar-refractivity contribution < 1.29 is 5.11 Å². The van der Waals surface area contributed by atoms with Crippen molar-refractivity contribution in [2.24, 2.45) is 17.6 Å². The monoisotopic (exact) mass is 378 g/mol. The van der Waals surface area contributed by atoms with Crippen molar-refractivity contribution in [1.29, 1.82) is 0 Å². The summed E-state index contributed by atoms with van der Waals surface area (Å²) in [7, 11) is 0. The molecular formula is C25H34N2O. The highest BCUT2D eigenvalue weighted by Gasteiger charge is 2.50. The molecule has 1 aliphatic carbocycles. The summed E-state index contributed by atoms with van der Waals surface area (Å²) >= 11 is 0. The normalized spacial score (nSPS) is 26.2. The van der Waals surface area contributed by atoms with E-state index in [9.17, 15) is 5.11 Å². The first-order valence-electron chi connectivity index (χ1n) is 10.9. The highest BCUT2D eigenvalue weighted by Crippen LogP contribution is 2.49. The van der Waals surface area contributed by atoms with Gasteiger partial charge < -0.3 is 10.8 Å². The number of benzene rings is 2. The Bertz CT molecular complexity index is 727. The molecule has 1 aliphatic heterocycles. The van der Waals surface area contributed by atoms with E-state index in [4.69, 9.17) is 5.73 Å². The van der Waals surface area contributed by atoms with E-state index in [1.54, 1.807) is 0 Å². The van der Waals surface area contributed by atoms with Crippen molar-refractivity contribution in [3.05, 3.63) is 71.8 Å². The van der Waals surface area contributed by atoms with E-state index in [0.29, 0.717) is 12.5 Å². The van der Waals surface area contributed by atoms with Crippen molar-refractivity contribution >= 4 is 0 Å². The molecule has 0 spiro atoms. The van der Waals surface area contributed by atoms with Gasteiger partial charge in [0.25, 0.3) is 0 Å². The summed E-state index contributed by atoms with van der Waals surface area (Å²) in [6.45, 7) is 3.87. The number of piperidine rings is 1. The Hall–Kier alpha value is -1.68. The molecule has 0 radical (unpaired) electrons. The van der Waals surface area contributed by atoms with Gasteiger partial charge >= 0.3 is 0 Å². The molecule has 3 nitrogen and oxygen atoms in total. The lowest BCUT2D eigenvalue weighted by atomic mass is 9.58. The third-order valence-corrected chi connectivity index (χ3v) is 7.36. The van der Waals surface area contributed by atoms with Crippen molar-refractivity contribution in [2.75, 3.05) is 19.6 Å². The largest absolute Gasteiger partial charge is 0.393 e. The van der Waals surface area contributed by atoms with Crippen LogP contribution in [-0.4, -0.2) is 35.7 Å². The lowest BCUT2D eigenvalue weighted by molar-refractivity contribution is 0.0278. The van der Waals surface area contributed by atoms with Crippen LogP contribution in [0.2, 0.25) is 0 Å². The Morgan fingerprint density at radius 1 is 0.893 bits per heavy atom. The van der Waals surface area contributed by atoms with Crippen LogP contribution >= 0.6 is 0 Å². The second-order valence-corrected chi connectivity index (χ2v) is 8.75. The second kappa shape index (κ2) is 8.77. The smallest absolute Gasteiger partial charge is 0.0577 e. The minimum absolute atomic E-state index is 0.101. The number of rotatable bonds is 6. The van der Waals surface area contributed by atoms with E-state index < -0.39 is 0 Å². The van der Waals surface area contributed by atoms with E-state index in [1.807, 2.05) is 0 Å². The van der Waals surface area contributed by atoms with Crippen molar-refractivity contribution in [3.63, 3.8) is 0 Å². The predicted molar refractivity (Wildman–Crippen MR) is 115 cm³/mol. The summed E-state index contributed by atoms with van der Waals surface area (Å²) in [5.41, 5.74) is 9.17. The fourth-order valence-electron chi connectivity index (χ4n) is 5.93. The zero-order valence-electron chi connectivity index (χ0n) is 16.8. The molecule has 3 heteroatoms. The Morgan fingerprint density at radius 2 is 1.54 bits per heavy atom. The molecule has 0 amide bonds. The van der Waals surface area contributed by atoms with Crippen LogP contribution in [-0.2, 0) is 12.0 Å². The molecule has 1 saturated carbocycles. The molecular weight excluding hydrogens is 344 g/mol. The highest BCUT2D eigenvalue weighted by atomic mass is 16.3. The molecule has 1 saturated heterocycles. The lowest BCUT2D eigenvalue weighted by Crippen LogP contribution is -2.53. The van der Waals surface area contributed by atoms with E-state index in [0.717, 1.165) is 51.7 Å². The molecule has 4 rings (SSSR count). The Kier molecular flexibility index (Phi) is 6.15. The van der Waals surface area contributed by atoms with E-state index >= 15 is 0 Å². The van der Waals surface area contributed by atoms with Gasteiger partial charge in [-0.15, -0.1) is 0 Å². The van der Waals surface area contributed by atoms with Crippen LogP contribution in [0.4, 0.5) is 0 Å². The number of hydrogen-bond donors (Lipinski definition) is 2. The van der Waals surface area contributed by atoms with Gasteiger partial charge in [-0.2, -0.15) is 0 Å².